The Balaban J connectivity index is 0.000000232. The number of hydrogen-bond donors (Lipinski definition) is 2. The van der Waals surface area contributed by atoms with Gasteiger partial charge >= 0.3 is 5.97 Å². The van der Waals surface area contributed by atoms with Gasteiger partial charge in [0.2, 0.25) is 5.78 Å². The quantitative estimate of drug-likeness (QED) is 0.406. The normalized spacial score (nSPS) is 9.95. The predicted octanol–water partition coefficient (Wildman–Crippen LogP) is 2.63. The van der Waals surface area contributed by atoms with E-state index in [4.69, 9.17) is 10.8 Å². The fourth-order valence-corrected chi connectivity index (χ4v) is 1.82. The van der Waals surface area contributed by atoms with Gasteiger partial charge in [-0.25, -0.2) is 9.78 Å². The summed E-state index contributed by atoms with van der Waals surface area (Å²) >= 11 is 0. The molecule has 0 aliphatic heterocycles. The zero-order valence-electron chi connectivity index (χ0n) is 11.4. The number of pyridine rings is 1. The lowest BCUT2D eigenvalue weighted by Gasteiger charge is -2.03. The number of hydrogen-bond acceptors (Lipinski definition) is 4. The average molecular weight is 282 g/mol. The Kier molecular flexibility index (Phi) is 4.13. The van der Waals surface area contributed by atoms with E-state index >= 15 is 0 Å². The van der Waals surface area contributed by atoms with Crippen molar-refractivity contribution in [2.45, 2.75) is 6.92 Å². The molecule has 3 rings (SSSR count). The van der Waals surface area contributed by atoms with Crippen LogP contribution in [0, 0.1) is 0 Å². The molecule has 2 aromatic carbocycles. The lowest BCUT2D eigenvalue weighted by Crippen LogP contribution is -2.05. The van der Waals surface area contributed by atoms with Gasteiger partial charge in [0.15, 0.2) is 0 Å². The van der Waals surface area contributed by atoms with Gasteiger partial charge in [-0.3, -0.25) is 4.79 Å². The van der Waals surface area contributed by atoms with E-state index in [1.54, 1.807) is 0 Å². The summed E-state index contributed by atoms with van der Waals surface area (Å²) in [7, 11) is 0. The molecule has 0 saturated heterocycles. The highest BCUT2D eigenvalue weighted by atomic mass is 16.4. The number of benzene rings is 2. The lowest BCUT2D eigenvalue weighted by atomic mass is 10.1. The molecule has 0 amide bonds. The van der Waals surface area contributed by atoms with Crippen molar-refractivity contribution in [3.8, 4) is 0 Å². The number of nitrogen functional groups attached to an aromatic ring is 1. The number of carbonyl (C=O) groups excluding carboxylic acids is 1. The summed E-state index contributed by atoms with van der Waals surface area (Å²) in [4.78, 5) is 23.5. The number of ketones is 1. The molecule has 3 aromatic rings. The first-order valence-corrected chi connectivity index (χ1v) is 6.27. The molecule has 3 N–H and O–H groups in total. The van der Waals surface area contributed by atoms with Crippen LogP contribution >= 0.6 is 0 Å². The van der Waals surface area contributed by atoms with Gasteiger partial charge in [-0.15, -0.1) is 0 Å². The van der Waals surface area contributed by atoms with Crippen LogP contribution in [-0.2, 0) is 9.59 Å². The van der Waals surface area contributed by atoms with Gasteiger partial charge in [0.25, 0.3) is 0 Å². The van der Waals surface area contributed by atoms with Gasteiger partial charge in [0.05, 0.1) is 11.0 Å². The number of aromatic nitrogens is 1. The maximum absolute atomic E-state index is 9.54. The van der Waals surface area contributed by atoms with Crippen LogP contribution in [0.5, 0.6) is 0 Å². The summed E-state index contributed by atoms with van der Waals surface area (Å²) in [5, 5.41) is 9.79. The highest BCUT2D eigenvalue weighted by Gasteiger charge is 2.01. The number of nitrogens with two attached hydrogens (primary N) is 1. The van der Waals surface area contributed by atoms with Crippen LogP contribution < -0.4 is 5.73 Å². The van der Waals surface area contributed by atoms with Crippen LogP contribution in [0.25, 0.3) is 21.8 Å². The predicted molar refractivity (Wildman–Crippen MR) is 82.0 cm³/mol. The molecule has 0 atom stereocenters. The lowest BCUT2D eigenvalue weighted by molar-refractivity contribution is -0.148. The summed E-state index contributed by atoms with van der Waals surface area (Å²) in [5.74, 6) is -2.20. The fraction of sp³-hybridized carbons (Fsp3) is 0.0625. The molecule has 0 bridgehead atoms. The minimum absolute atomic E-state index is 0.783. The molecule has 5 nitrogen and oxygen atoms in total. The SMILES string of the molecule is CC(=O)C(=O)O.Nc1cccc2nc3ccccc3cc12. The van der Waals surface area contributed by atoms with Crippen LogP contribution in [0.4, 0.5) is 5.69 Å². The first-order chi connectivity index (χ1) is 9.99. The third-order valence-corrected chi connectivity index (χ3v) is 2.90. The molecule has 0 aliphatic carbocycles. The van der Waals surface area contributed by atoms with Gasteiger partial charge in [0.1, 0.15) is 0 Å². The van der Waals surface area contributed by atoms with Crippen LogP contribution in [-0.4, -0.2) is 21.8 Å². The van der Waals surface area contributed by atoms with E-state index in [-0.39, 0.29) is 0 Å². The van der Waals surface area contributed by atoms with Crippen molar-refractivity contribution in [2.24, 2.45) is 0 Å². The molecule has 1 heterocycles. The van der Waals surface area contributed by atoms with E-state index in [1.807, 2.05) is 42.5 Å². The molecule has 0 aliphatic rings. The number of fused-ring (bicyclic) bond motifs is 2. The van der Waals surface area contributed by atoms with Crippen LogP contribution in [0.15, 0.2) is 48.5 Å². The highest BCUT2D eigenvalue weighted by Crippen LogP contribution is 2.23. The third kappa shape index (κ3) is 3.33. The highest BCUT2D eigenvalue weighted by molar-refractivity contribution is 6.31. The van der Waals surface area contributed by atoms with E-state index in [0.29, 0.717) is 0 Å². The Morgan fingerprint density at radius 3 is 2.33 bits per heavy atom. The van der Waals surface area contributed by atoms with Crippen molar-refractivity contribution in [1.82, 2.24) is 4.98 Å². The number of Topliss-reactive ketones (excluding diaryl/α,β-unsaturated/α-hetero) is 1. The Morgan fingerprint density at radius 2 is 1.67 bits per heavy atom. The average Bonchev–Trinajstić information content (AvgIpc) is 2.46. The number of nitrogens with zero attached hydrogens (tertiary/aromatic N) is 1. The Bertz CT molecular complexity index is 816. The minimum Gasteiger partial charge on any atom is -0.476 e. The number of carbonyl (C=O) groups is 2. The second-order valence-corrected chi connectivity index (χ2v) is 4.46. The molecule has 106 valence electrons. The van der Waals surface area contributed by atoms with E-state index in [9.17, 15) is 9.59 Å². The molecular weight excluding hydrogens is 268 g/mol. The second kappa shape index (κ2) is 6.00. The van der Waals surface area contributed by atoms with Crippen LogP contribution in [0.3, 0.4) is 0 Å². The zero-order valence-corrected chi connectivity index (χ0v) is 11.4. The molecule has 0 fully saturated rings. The van der Waals surface area contributed by atoms with E-state index in [0.717, 1.165) is 34.4 Å². The number of rotatable bonds is 1. The van der Waals surface area contributed by atoms with E-state index < -0.39 is 11.8 Å². The van der Waals surface area contributed by atoms with Gasteiger partial charge in [-0.1, -0.05) is 24.3 Å². The number of para-hydroxylation sites is 1. The molecule has 0 unspecified atom stereocenters. The molecule has 21 heavy (non-hydrogen) atoms. The van der Waals surface area contributed by atoms with Crippen molar-refractivity contribution < 1.29 is 14.7 Å². The van der Waals surface area contributed by atoms with Crippen molar-refractivity contribution in [3.05, 3.63) is 48.5 Å². The van der Waals surface area contributed by atoms with Crippen molar-refractivity contribution in [1.29, 1.82) is 0 Å². The molecule has 0 saturated carbocycles. The Hall–Kier alpha value is -2.95. The largest absolute Gasteiger partial charge is 0.476 e. The third-order valence-electron chi connectivity index (χ3n) is 2.90. The number of anilines is 1. The van der Waals surface area contributed by atoms with Crippen molar-refractivity contribution in [3.63, 3.8) is 0 Å². The number of carboxylic acid groups (broad SMARTS) is 1. The summed E-state index contributed by atoms with van der Waals surface area (Å²) < 4.78 is 0. The van der Waals surface area contributed by atoms with Gasteiger partial charge in [-0.2, -0.15) is 0 Å². The van der Waals surface area contributed by atoms with Crippen molar-refractivity contribution >= 4 is 39.2 Å². The maximum Gasteiger partial charge on any atom is 0.371 e. The summed E-state index contributed by atoms with van der Waals surface area (Å²) in [6, 6.07) is 16.0. The fourth-order valence-electron chi connectivity index (χ4n) is 1.82. The first kappa shape index (κ1) is 14.5. The molecule has 5 heteroatoms. The molecule has 0 spiro atoms. The zero-order chi connectivity index (χ0) is 15.4. The molecule has 1 aromatic heterocycles. The second-order valence-electron chi connectivity index (χ2n) is 4.46. The van der Waals surface area contributed by atoms with E-state index in [2.05, 4.69) is 11.1 Å². The van der Waals surface area contributed by atoms with Crippen LogP contribution in [0.2, 0.25) is 0 Å². The minimum atomic E-state index is -1.38. The smallest absolute Gasteiger partial charge is 0.371 e. The summed E-state index contributed by atoms with van der Waals surface area (Å²) in [6.45, 7) is 1.00. The standard InChI is InChI=1S/C13H10N2.C3H4O3/c14-11-5-3-7-13-10(11)8-9-4-1-2-6-12(9)15-13;1-2(4)3(5)6/h1-8H,14H2;1H3,(H,5,6). The number of aliphatic carboxylic acids is 1. The summed E-state index contributed by atoms with van der Waals surface area (Å²) in [5.41, 5.74) is 8.65. The summed E-state index contributed by atoms with van der Waals surface area (Å²) in [6.07, 6.45) is 0. The van der Waals surface area contributed by atoms with E-state index in [1.165, 1.54) is 0 Å². The van der Waals surface area contributed by atoms with Crippen LogP contribution in [0.1, 0.15) is 6.92 Å². The monoisotopic (exact) mass is 282 g/mol. The van der Waals surface area contributed by atoms with Gasteiger partial charge in [0, 0.05) is 23.4 Å². The Morgan fingerprint density at radius 1 is 1.05 bits per heavy atom. The maximum atomic E-state index is 9.54. The molecular formula is C16H14N2O3. The van der Waals surface area contributed by atoms with Gasteiger partial charge < -0.3 is 10.8 Å². The molecule has 0 radical (unpaired) electrons. The number of carboxylic acids is 1. The van der Waals surface area contributed by atoms with Crippen molar-refractivity contribution in [2.75, 3.05) is 5.73 Å². The Labute approximate surface area is 121 Å². The van der Waals surface area contributed by atoms with Gasteiger partial charge in [-0.05, 0) is 24.3 Å². The topological polar surface area (TPSA) is 93.3 Å². The first-order valence-electron chi connectivity index (χ1n) is 6.27.